The number of carbonyl (C=O) groups is 2. The fourth-order valence-electron chi connectivity index (χ4n) is 3.25. The Hall–Kier alpha value is -3.08. The first kappa shape index (κ1) is 18.7. The Bertz CT molecular complexity index is 902. The number of amides is 1. The van der Waals surface area contributed by atoms with Crippen LogP contribution in [0.1, 0.15) is 24.0 Å². The minimum absolute atomic E-state index is 0.103. The lowest BCUT2D eigenvalue weighted by atomic mass is 9.99. The molecule has 0 bridgehead atoms. The molecular formula is C22H24N2O3. The Morgan fingerprint density at radius 3 is 2.56 bits per heavy atom. The minimum atomic E-state index is -0.891. The first-order chi connectivity index (χ1) is 13.1. The highest BCUT2D eigenvalue weighted by atomic mass is 16.4. The van der Waals surface area contributed by atoms with E-state index in [0.717, 1.165) is 23.9 Å². The Morgan fingerprint density at radius 2 is 1.78 bits per heavy atom. The fraction of sp³-hybridized carbons (Fsp3) is 0.273. The summed E-state index contributed by atoms with van der Waals surface area (Å²) in [5.74, 6) is -1.61. The second-order valence-corrected chi connectivity index (χ2v) is 6.74. The minimum Gasteiger partial charge on any atom is -0.481 e. The van der Waals surface area contributed by atoms with Crippen molar-refractivity contribution >= 4 is 22.8 Å². The van der Waals surface area contributed by atoms with Gasteiger partial charge in [-0.1, -0.05) is 48.5 Å². The van der Waals surface area contributed by atoms with Crippen LogP contribution in [0.25, 0.3) is 10.9 Å². The van der Waals surface area contributed by atoms with Crippen LogP contribution in [0.3, 0.4) is 0 Å². The Balaban J connectivity index is 1.45. The van der Waals surface area contributed by atoms with Crippen molar-refractivity contribution in [1.29, 1.82) is 0 Å². The molecule has 1 unspecified atom stereocenters. The molecule has 0 fully saturated rings. The third-order valence-electron chi connectivity index (χ3n) is 4.74. The Kier molecular flexibility index (Phi) is 6.26. The van der Waals surface area contributed by atoms with Gasteiger partial charge in [0.1, 0.15) is 0 Å². The number of nitrogens with one attached hydrogen (secondary N) is 2. The quantitative estimate of drug-likeness (QED) is 0.543. The van der Waals surface area contributed by atoms with Gasteiger partial charge in [-0.15, -0.1) is 0 Å². The lowest BCUT2D eigenvalue weighted by Gasteiger charge is -2.13. The molecule has 1 amide bonds. The summed E-state index contributed by atoms with van der Waals surface area (Å²) in [6.07, 6.45) is 4.32. The summed E-state index contributed by atoms with van der Waals surface area (Å²) < 4.78 is 0. The number of para-hydroxylation sites is 1. The molecule has 1 atom stereocenters. The summed E-state index contributed by atoms with van der Waals surface area (Å²) in [4.78, 5) is 26.8. The van der Waals surface area contributed by atoms with Gasteiger partial charge in [0.05, 0.1) is 5.92 Å². The molecule has 1 aromatic heterocycles. The SMILES string of the molecule is O=C(CCCc1c[nH]c2ccccc12)NCC(Cc1ccccc1)C(=O)O. The van der Waals surface area contributed by atoms with Gasteiger partial charge in [0.25, 0.3) is 0 Å². The van der Waals surface area contributed by atoms with E-state index in [9.17, 15) is 14.7 Å². The first-order valence-corrected chi connectivity index (χ1v) is 9.22. The van der Waals surface area contributed by atoms with Crippen LogP contribution in [0.4, 0.5) is 0 Å². The lowest BCUT2D eigenvalue weighted by molar-refractivity contribution is -0.141. The maximum absolute atomic E-state index is 12.1. The van der Waals surface area contributed by atoms with Gasteiger partial charge >= 0.3 is 5.97 Å². The molecule has 0 aliphatic heterocycles. The van der Waals surface area contributed by atoms with E-state index in [2.05, 4.69) is 16.4 Å². The number of aromatic amines is 1. The summed E-state index contributed by atoms with van der Waals surface area (Å²) in [6, 6.07) is 17.6. The van der Waals surface area contributed by atoms with Crippen LogP contribution in [-0.2, 0) is 22.4 Å². The molecule has 0 aliphatic rings. The normalized spacial score (nSPS) is 12.0. The summed E-state index contributed by atoms with van der Waals surface area (Å²) in [6.45, 7) is 0.149. The molecule has 0 saturated carbocycles. The molecule has 3 rings (SSSR count). The van der Waals surface area contributed by atoms with E-state index in [0.29, 0.717) is 12.8 Å². The molecule has 5 heteroatoms. The first-order valence-electron chi connectivity index (χ1n) is 9.22. The average Bonchev–Trinajstić information content (AvgIpc) is 3.09. The van der Waals surface area contributed by atoms with Crippen LogP contribution < -0.4 is 5.32 Å². The van der Waals surface area contributed by atoms with Gasteiger partial charge in [-0.05, 0) is 36.5 Å². The molecule has 3 N–H and O–H groups in total. The van der Waals surface area contributed by atoms with Gasteiger partial charge in [0.15, 0.2) is 0 Å². The summed E-state index contributed by atoms with van der Waals surface area (Å²) in [5, 5.41) is 13.4. The second kappa shape index (κ2) is 9.03. The number of carboxylic acids is 1. The molecule has 5 nitrogen and oxygen atoms in total. The predicted molar refractivity (Wildman–Crippen MR) is 106 cm³/mol. The van der Waals surface area contributed by atoms with Gasteiger partial charge < -0.3 is 15.4 Å². The van der Waals surface area contributed by atoms with Crippen LogP contribution in [0, 0.1) is 5.92 Å². The summed E-state index contributed by atoms with van der Waals surface area (Å²) in [7, 11) is 0. The van der Waals surface area contributed by atoms with Crippen molar-refractivity contribution in [3.8, 4) is 0 Å². The molecule has 0 radical (unpaired) electrons. The topological polar surface area (TPSA) is 82.2 Å². The van der Waals surface area contributed by atoms with Crippen molar-refractivity contribution in [2.24, 2.45) is 5.92 Å². The molecule has 140 valence electrons. The van der Waals surface area contributed by atoms with Crippen LogP contribution in [0.5, 0.6) is 0 Å². The molecule has 3 aromatic rings. The number of H-pyrrole nitrogens is 1. The maximum Gasteiger partial charge on any atom is 0.308 e. The number of aromatic nitrogens is 1. The average molecular weight is 364 g/mol. The molecule has 2 aromatic carbocycles. The number of benzene rings is 2. The van der Waals surface area contributed by atoms with E-state index < -0.39 is 11.9 Å². The highest BCUT2D eigenvalue weighted by Crippen LogP contribution is 2.19. The van der Waals surface area contributed by atoms with Crippen molar-refractivity contribution in [2.45, 2.75) is 25.7 Å². The largest absolute Gasteiger partial charge is 0.481 e. The molecule has 0 spiro atoms. The second-order valence-electron chi connectivity index (χ2n) is 6.74. The number of hydrogen-bond acceptors (Lipinski definition) is 2. The highest BCUT2D eigenvalue weighted by molar-refractivity contribution is 5.83. The smallest absolute Gasteiger partial charge is 0.308 e. The standard InChI is InChI=1S/C22H24N2O3/c25-21(12-6-9-17-14-23-20-11-5-4-10-19(17)20)24-15-18(22(26)27)13-16-7-2-1-3-8-16/h1-5,7-8,10-11,14,18,23H,6,9,12-13,15H2,(H,24,25)(H,26,27). The van der Waals surface area contributed by atoms with Crippen molar-refractivity contribution in [1.82, 2.24) is 10.3 Å². The number of aliphatic carboxylic acids is 1. The van der Waals surface area contributed by atoms with E-state index in [4.69, 9.17) is 0 Å². The van der Waals surface area contributed by atoms with Crippen LogP contribution in [0.15, 0.2) is 60.8 Å². The third-order valence-corrected chi connectivity index (χ3v) is 4.74. The number of fused-ring (bicyclic) bond motifs is 1. The van der Waals surface area contributed by atoms with E-state index in [-0.39, 0.29) is 12.5 Å². The van der Waals surface area contributed by atoms with E-state index in [1.54, 1.807) is 0 Å². The van der Waals surface area contributed by atoms with Crippen molar-refractivity contribution in [2.75, 3.05) is 6.54 Å². The maximum atomic E-state index is 12.1. The fourth-order valence-corrected chi connectivity index (χ4v) is 3.25. The molecule has 0 saturated heterocycles. The van der Waals surface area contributed by atoms with Crippen LogP contribution in [0.2, 0.25) is 0 Å². The van der Waals surface area contributed by atoms with Crippen LogP contribution in [-0.4, -0.2) is 28.5 Å². The van der Waals surface area contributed by atoms with E-state index >= 15 is 0 Å². The highest BCUT2D eigenvalue weighted by Gasteiger charge is 2.18. The van der Waals surface area contributed by atoms with Crippen molar-refractivity contribution in [3.63, 3.8) is 0 Å². The number of hydrogen-bond donors (Lipinski definition) is 3. The van der Waals surface area contributed by atoms with Crippen molar-refractivity contribution in [3.05, 3.63) is 71.9 Å². The third kappa shape index (κ3) is 5.20. The molecule has 1 heterocycles. The zero-order valence-corrected chi connectivity index (χ0v) is 15.2. The van der Waals surface area contributed by atoms with E-state index in [1.165, 1.54) is 10.9 Å². The van der Waals surface area contributed by atoms with Gasteiger partial charge in [-0.2, -0.15) is 0 Å². The zero-order valence-electron chi connectivity index (χ0n) is 15.2. The molecule has 27 heavy (non-hydrogen) atoms. The van der Waals surface area contributed by atoms with Gasteiger partial charge in [0, 0.05) is 30.1 Å². The lowest BCUT2D eigenvalue weighted by Crippen LogP contribution is -2.34. The summed E-state index contributed by atoms with van der Waals surface area (Å²) >= 11 is 0. The van der Waals surface area contributed by atoms with Gasteiger partial charge in [-0.3, -0.25) is 9.59 Å². The predicted octanol–water partition coefficient (Wildman–Crippen LogP) is 3.55. The van der Waals surface area contributed by atoms with Gasteiger partial charge in [0.2, 0.25) is 5.91 Å². The summed E-state index contributed by atoms with van der Waals surface area (Å²) in [5.41, 5.74) is 3.26. The van der Waals surface area contributed by atoms with Crippen LogP contribution >= 0.6 is 0 Å². The zero-order chi connectivity index (χ0) is 19.1. The molecule has 0 aliphatic carbocycles. The number of rotatable bonds is 9. The van der Waals surface area contributed by atoms with Crippen molar-refractivity contribution < 1.29 is 14.7 Å². The number of carboxylic acid groups (broad SMARTS) is 1. The number of aryl methyl sites for hydroxylation is 1. The Morgan fingerprint density at radius 1 is 1.04 bits per heavy atom. The Labute approximate surface area is 158 Å². The number of carbonyl (C=O) groups excluding carboxylic acids is 1. The monoisotopic (exact) mass is 364 g/mol. The molecular weight excluding hydrogens is 340 g/mol. The van der Waals surface area contributed by atoms with Gasteiger partial charge in [-0.25, -0.2) is 0 Å². The van der Waals surface area contributed by atoms with E-state index in [1.807, 2.05) is 54.7 Å².